The monoisotopic (exact) mass is 384 g/mol. The Hall–Kier alpha value is -1.06. The predicted molar refractivity (Wildman–Crippen MR) is 112 cm³/mol. The van der Waals surface area contributed by atoms with E-state index in [1.807, 2.05) is 0 Å². The Balaban J connectivity index is 3.29. The number of ether oxygens (including phenoxy) is 2. The van der Waals surface area contributed by atoms with Gasteiger partial charge in [-0.3, -0.25) is 9.59 Å². The SMILES string of the molecule is CCCCCCCCCOC(=O)CCCCCC(=O)OCCCCCCC. The van der Waals surface area contributed by atoms with Crippen molar-refractivity contribution in [1.29, 1.82) is 0 Å². The summed E-state index contributed by atoms with van der Waals surface area (Å²) >= 11 is 0. The van der Waals surface area contributed by atoms with Crippen LogP contribution in [0.3, 0.4) is 0 Å². The molecule has 0 saturated heterocycles. The molecule has 0 fully saturated rings. The molecule has 0 aromatic carbocycles. The van der Waals surface area contributed by atoms with Crippen LogP contribution in [-0.4, -0.2) is 25.2 Å². The van der Waals surface area contributed by atoms with Gasteiger partial charge in [0, 0.05) is 12.8 Å². The Labute approximate surface area is 167 Å². The first-order chi connectivity index (χ1) is 13.2. The highest BCUT2D eigenvalue weighted by Gasteiger charge is 2.05. The average Bonchev–Trinajstić information content (AvgIpc) is 2.66. The number of esters is 2. The van der Waals surface area contributed by atoms with Crippen LogP contribution in [0.2, 0.25) is 0 Å². The summed E-state index contributed by atoms with van der Waals surface area (Å²) < 4.78 is 10.5. The van der Waals surface area contributed by atoms with Crippen molar-refractivity contribution in [3.05, 3.63) is 0 Å². The molecular formula is C23H44O4. The Kier molecular flexibility index (Phi) is 20.4. The molecule has 0 saturated carbocycles. The number of carbonyl (C=O) groups excluding carboxylic acids is 2. The fourth-order valence-electron chi connectivity index (χ4n) is 3.00. The van der Waals surface area contributed by atoms with Crippen LogP contribution in [0.1, 0.15) is 123 Å². The normalized spacial score (nSPS) is 10.7. The van der Waals surface area contributed by atoms with Gasteiger partial charge in [-0.25, -0.2) is 0 Å². The van der Waals surface area contributed by atoms with Gasteiger partial charge >= 0.3 is 11.9 Å². The van der Waals surface area contributed by atoms with E-state index >= 15 is 0 Å². The lowest BCUT2D eigenvalue weighted by atomic mass is 10.1. The molecule has 4 heteroatoms. The van der Waals surface area contributed by atoms with E-state index in [4.69, 9.17) is 9.47 Å². The van der Waals surface area contributed by atoms with Crippen LogP contribution in [0.25, 0.3) is 0 Å². The molecule has 0 atom stereocenters. The van der Waals surface area contributed by atoms with Crippen molar-refractivity contribution in [3.8, 4) is 0 Å². The Morgan fingerprint density at radius 3 is 1.22 bits per heavy atom. The first-order valence-corrected chi connectivity index (χ1v) is 11.5. The number of rotatable bonds is 20. The number of hydrogen-bond donors (Lipinski definition) is 0. The van der Waals surface area contributed by atoms with Crippen molar-refractivity contribution >= 4 is 11.9 Å². The molecular weight excluding hydrogens is 340 g/mol. The van der Waals surface area contributed by atoms with Gasteiger partial charge < -0.3 is 9.47 Å². The highest BCUT2D eigenvalue weighted by Crippen LogP contribution is 2.09. The highest BCUT2D eigenvalue weighted by molar-refractivity contribution is 5.69. The predicted octanol–water partition coefficient (Wildman–Crippen LogP) is 6.74. The second-order valence-electron chi connectivity index (χ2n) is 7.54. The van der Waals surface area contributed by atoms with Crippen molar-refractivity contribution in [3.63, 3.8) is 0 Å². The van der Waals surface area contributed by atoms with Gasteiger partial charge in [-0.05, 0) is 25.7 Å². The van der Waals surface area contributed by atoms with Gasteiger partial charge in [0.15, 0.2) is 0 Å². The Morgan fingerprint density at radius 2 is 0.815 bits per heavy atom. The topological polar surface area (TPSA) is 52.6 Å². The molecule has 0 heterocycles. The Bertz CT molecular complexity index is 341. The van der Waals surface area contributed by atoms with E-state index in [2.05, 4.69) is 13.8 Å². The van der Waals surface area contributed by atoms with Gasteiger partial charge in [-0.2, -0.15) is 0 Å². The summed E-state index contributed by atoms with van der Waals surface area (Å²) in [5.74, 6) is -0.206. The third kappa shape index (κ3) is 21.1. The first kappa shape index (κ1) is 25.9. The lowest BCUT2D eigenvalue weighted by Gasteiger charge is -2.06. The van der Waals surface area contributed by atoms with Gasteiger partial charge in [-0.15, -0.1) is 0 Å². The lowest BCUT2D eigenvalue weighted by Crippen LogP contribution is -2.07. The standard InChI is InChI=1S/C23H44O4/c1-3-5-7-9-10-12-17-21-27-23(25)19-15-13-14-18-22(24)26-20-16-11-8-6-4-2/h3-21H2,1-2H3. The van der Waals surface area contributed by atoms with E-state index in [1.165, 1.54) is 51.4 Å². The molecule has 160 valence electrons. The van der Waals surface area contributed by atoms with Crippen molar-refractivity contribution in [2.75, 3.05) is 13.2 Å². The summed E-state index contributed by atoms with van der Waals surface area (Å²) in [7, 11) is 0. The molecule has 0 aromatic heterocycles. The largest absolute Gasteiger partial charge is 0.466 e. The van der Waals surface area contributed by atoms with E-state index in [-0.39, 0.29) is 11.9 Å². The summed E-state index contributed by atoms with van der Waals surface area (Å²) in [4.78, 5) is 23.3. The van der Waals surface area contributed by atoms with E-state index < -0.39 is 0 Å². The van der Waals surface area contributed by atoms with E-state index in [9.17, 15) is 9.59 Å². The minimum absolute atomic E-state index is 0.101. The molecule has 0 spiro atoms. The maximum Gasteiger partial charge on any atom is 0.305 e. The first-order valence-electron chi connectivity index (χ1n) is 11.5. The third-order valence-corrected chi connectivity index (χ3v) is 4.78. The van der Waals surface area contributed by atoms with Crippen LogP contribution in [0.15, 0.2) is 0 Å². The smallest absolute Gasteiger partial charge is 0.305 e. The molecule has 0 aliphatic rings. The summed E-state index contributed by atoms with van der Waals surface area (Å²) in [6.45, 7) is 5.52. The van der Waals surface area contributed by atoms with Crippen LogP contribution in [-0.2, 0) is 19.1 Å². The molecule has 27 heavy (non-hydrogen) atoms. The summed E-state index contributed by atoms with van der Waals surface area (Å²) in [5, 5.41) is 0. The molecule has 0 radical (unpaired) electrons. The van der Waals surface area contributed by atoms with Crippen molar-refractivity contribution < 1.29 is 19.1 Å². The zero-order valence-electron chi connectivity index (χ0n) is 18.1. The van der Waals surface area contributed by atoms with E-state index in [0.29, 0.717) is 26.1 Å². The molecule has 0 N–H and O–H groups in total. The zero-order valence-corrected chi connectivity index (χ0v) is 18.1. The number of carbonyl (C=O) groups is 2. The zero-order chi connectivity index (χ0) is 20.0. The maximum absolute atomic E-state index is 11.6. The van der Waals surface area contributed by atoms with E-state index in [0.717, 1.165) is 44.9 Å². The summed E-state index contributed by atoms with van der Waals surface area (Å²) in [6, 6.07) is 0. The third-order valence-electron chi connectivity index (χ3n) is 4.78. The summed E-state index contributed by atoms with van der Waals surface area (Å²) in [5.41, 5.74) is 0. The fraction of sp³-hybridized carbons (Fsp3) is 0.913. The second kappa shape index (κ2) is 21.2. The van der Waals surface area contributed by atoms with Crippen LogP contribution in [0, 0.1) is 0 Å². The number of unbranched alkanes of at least 4 members (excludes halogenated alkanes) is 12. The van der Waals surface area contributed by atoms with Gasteiger partial charge in [0.1, 0.15) is 0 Å². The van der Waals surface area contributed by atoms with Gasteiger partial charge in [0.05, 0.1) is 13.2 Å². The molecule has 0 aliphatic carbocycles. The number of hydrogen-bond acceptors (Lipinski definition) is 4. The van der Waals surface area contributed by atoms with Gasteiger partial charge in [-0.1, -0.05) is 84.5 Å². The van der Waals surface area contributed by atoms with Crippen LogP contribution in [0.4, 0.5) is 0 Å². The van der Waals surface area contributed by atoms with Gasteiger partial charge in [0.2, 0.25) is 0 Å². The highest BCUT2D eigenvalue weighted by atomic mass is 16.5. The van der Waals surface area contributed by atoms with Crippen molar-refractivity contribution in [1.82, 2.24) is 0 Å². The van der Waals surface area contributed by atoms with Crippen molar-refractivity contribution in [2.45, 2.75) is 123 Å². The fourth-order valence-corrected chi connectivity index (χ4v) is 3.00. The maximum atomic E-state index is 11.6. The summed E-state index contributed by atoms with van der Waals surface area (Å²) in [6.07, 6.45) is 17.8. The average molecular weight is 385 g/mol. The Morgan fingerprint density at radius 1 is 0.481 bits per heavy atom. The second-order valence-corrected chi connectivity index (χ2v) is 7.54. The van der Waals surface area contributed by atoms with Crippen LogP contribution in [0.5, 0.6) is 0 Å². The lowest BCUT2D eigenvalue weighted by molar-refractivity contribution is -0.144. The van der Waals surface area contributed by atoms with Crippen LogP contribution < -0.4 is 0 Å². The quantitative estimate of drug-likeness (QED) is 0.172. The van der Waals surface area contributed by atoms with Crippen LogP contribution >= 0.6 is 0 Å². The molecule has 0 bridgehead atoms. The molecule has 0 aromatic rings. The van der Waals surface area contributed by atoms with E-state index in [1.54, 1.807) is 0 Å². The molecule has 4 nitrogen and oxygen atoms in total. The molecule has 0 unspecified atom stereocenters. The molecule has 0 aliphatic heterocycles. The van der Waals surface area contributed by atoms with Gasteiger partial charge in [0.25, 0.3) is 0 Å². The molecule has 0 amide bonds. The molecule has 0 rings (SSSR count). The minimum Gasteiger partial charge on any atom is -0.466 e. The van der Waals surface area contributed by atoms with Crippen molar-refractivity contribution in [2.24, 2.45) is 0 Å². The minimum atomic E-state index is -0.105.